The van der Waals surface area contributed by atoms with E-state index < -0.39 is 11.9 Å². The van der Waals surface area contributed by atoms with Gasteiger partial charge in [-0.1, -0.05) is 11.3 Å². The number of carbonyl (C=O) groups excluding carboxylic acids is 1. The summed E-state index contributed by atoms with van der Waals surface area (Å²) < 4.78 is 27.8. The molecule has 1 N–H and O–H groups in total. The third kappa shape index (κ3) is 3.73. The van der Waals surface area contributed by atoms with E-state index in [1.165, 1.54) is 16.8 Å². The van der Waals surface area contributed by atoms with Gasteiger partial charge >= 0.3 is 5.97 Å². The van der Waals surface area contributed by atoms with Gasteiger partial charge in [0, 0.05) is 25.3 Å². The number of carbonyl (C=O) groups is 2. The third-order valence-corrected chi connectivity index (χ3v) is 5.92. The van der Waals surface area contributed by atoms with E-state index in [1.807, 2.05) is 6.92 Å². The fourth-order valence-corrected chi connectivity index (χ4v) is 4.57. The predicted molar refractivity (Wildman–Crippen MR) is 98.7 cm³/mol. The first-order valence-corrected chi connectivity index (χ1v) is 9.62. The summed E-state index contributed by atoms with van der Waals surface area (Å²) in [5.41, 5.74) is 0.946. The number of hydrogen-bond acceptors (Lipinski definition) is 4. The number of amides is 1. The molecular formula is C20H22F2N4O3. The van der Waals surface area contributed by atoms with Gasteiger partial charge in [0.15, 0.2) is 0 Å². The highest BCUT2D eigenvalue weighted by molar-refractivity contribution is 5.88. The van der Waals surface area contributed by atoms with Crippen LogP contribution in [0.25, 0.3) is 5.69 Å². The van der Waals surface area contributed by atoms with Crippen LogP contribution in [-0.2, 0) is 11.3 Å². The minimum Gasteiger partial charge on any atom is -0.478 e. The molecule has 154 valence electrons. The van der Waals surface area contributed by atoms with Gasteiger partial charge in [-0.3, -0.25) is 4.79 Å². The Morgan fingerprint density at radius 3 is 2.66 bits per heavy atom. The van der Waals surface area contributed by atoms with Crippen molar-refractivity contribution < 1.29 is 23.5 Å². The van der Waals surface area contributed by atoms with Gasteiger partial charge in [0.25, 0.3) is 0 Å². The summed E-state index contributed by atoms with van der Waals surface area (Å²) >= 11 is 0. The van der Waals surface area contributed by atoms with Gasteiger partial charge in [0.05, 0.1) is 24.0 Å². The molecule has 4 rings (SSSR count). The molecule has 0 atom stereocenters. The highest BCUT2D eigenvalue weighted by Gasteiger charge is 2.63. The van der Waals surface area contributed by atoms with E-state index in [0.29, 0.717) is 30.8 Å². The molecule has 2 saturated carbocycles. The molecule has 0 aliphatic heterocycles. The number of aromatic carboxylic acids is 1. The minimum atomic E-state index is -2.56. The number of carboxylic acids is 1. The molecule has 0 radical (unpaired) electrons. The van der Waals surface area contributed by atoms with Crippen molar-refractivity contribution >= 4 is 11.9 Å². The number of rotatable bonds is 6. The largest absolute Gasteiger partial charge is 0.478 e. The maximum absolute atomic E-state index is 13.2. The molecule has 0 unspecified atom stereocenters. The number of nitrogens with zero attached hydrogens (tertiary/aromatic N) is 4. The van der Waals surface area contributed by atoms with E-state index in [4.69, 9.17) is 5.11 Å². The van der Waals surface area contributed by atoms with Gasteiger partial charge in [0.2, 0.25) is 11.8 Å². The van der Waals surface area contributed by atoms with Crippen LogP contribution in [0.2, 0.25) is 0 Å². The monoisotopic (exact) mass is 404 g/mol. The van der Waals surface area contributed by atoms with Crippen molar-refractivity contribution in [2.45, 2.75) is 45.1 Å². The van der Waals surface area contributed by atoms with Crippen molar-refractivity contribution in [3.8, 4) is 5.69 Å². The van der Waals surface area contributed by atoms with Crippen LogP contribution in [-0.4, -0.2) is 49.3 Å². The fraction of sp³-hybridized carbons (Fsp3) is 0.500. The Bertz CT molecular complexity index is 943. The van der Waals surface area contributed by atoms with Crippen molar-refractivity contribution in [3.63, 3.8) is 0 Å². The van der Waals surface area contributed by atoms with E-state index in [2.05, 4.69) is 10.3 Å². The molecule has 1 heterocycles. The summed E-state index contributed by atoms with van der Waals surface area (Å²) in [5, 5.41) is 17.2. The van der Waals surface area contributed by atoms with E-state index in [-0.39, 0.29) is 42.2 Å². The number of aromatic nitrogens is 3. The van der Waals surface area contributed by atoms with Gasteiger partial charge < -0.3 is 10.0 Å². The van der Waals surface area contributed by atoms with Gasteiger partial charge in [0.1, 0.15) is 5.69 Å². The van der Waals surface area contributed by atoms with Crippen molar-refractivity contribution in [1.82, 2.24) is 19.9 Å². The van der Waals surface area contributed by atoms with E-state index in [9.17, 15) is 18.4 Å². The van der Waals surface area contributed by atoms with Crippen molar-refractivity contribution in [3.05, 3.63) is 41.7 Å². The predicted octanol–water partition coefficient (Wildman–Crippen LogP) is 3.14. The van der Waals surface area contributed by atoms with Gasteiger partial charge in [-0.15, -0.1) is 5.10 Å². The number of halogens is 2. The minimum absolute atomic E-state index is 0.0317. The Hall–Kier alpha value is -2.84. The first-order chi connectivity index (χ1) is 13.7. The molecule has 2 fully saturated rings. The highest BCUT2D eigenvalue weighted by atomic mass is 19.3. The molecular weight excluding hydrogens is 382 g/mol. The Labute approximate surface area is 166 Å². The van der Waals surface area contributed by atoms with Crippen LogP contribution >= 0.6 is 0 Å². The summed E-state index contributed by atoms with van der Waals surface area (Å²) in [4.78, 5) is 25.6. The zero-order chi connectivity index (χ0) is 20.8. The van der Waals surface area contributed by atoms with Crippen LogP contribution < -0.4 is 0 Å². The smallest absolute Gasteiger partial charge is 0.335 e. The number of hydrogen-bond donors (Lipinski definition) is 1. The first-order valence-electron chi connectivity index (χ1n) is 9.62. The zero-order valence-corrected chi connectivity index (χ0v) is 16.0. The highest BCUT2D eigenvalue weighted by Crippen LogP contribution is 2.64. The zero-order valence-electron chi connectivity index (χ0n) is 16.0. The van der Waals surface area contributed by atoms with Gasteiger partial charge in [-0.2, -0.15) is 0 Å². The van der Waals surface area contributed by atoms with E-state index in [0.717, 1.165) is 0 Å². The van der Waals surface area contributed by atoms with E-state index >= 15 is 0 Å². The Balaban J connectivity index is 1.39. The second-order valence-electron chi connectivity index (χ2n) is 8.18. The summed E-state index contributed by atoms with van der Waals surface area (Å²) in [5.74, 6) is -3.82. The SMILES string of the molecule is CCN(Cc1cn(-c2cccc(C(=O)O)c2)nn1)C(=O)C1CC2(C1)CC(F)(F)C2. The van der Waals surface area contributed by atoms with Crippen LogP contribution in [0.3, 0.4) is 0 Å². The van der Waals surface area contributed by atoms with Gasteiger partial charge in [-0.25, -0.2) is 18.3 Å². The second kappa shape index (κ2) is 6.89. The molecule has 7 nitrogen and oxygen atoms in total. The summed E-state index contributed by atoms with van der Waals surface area (Å²) in [6.45, 7) is 2.62. The summed E-state index contributed by atoms with van der Waals surface area (Å²) in [7, 11) is 0. The molecule has 2 aromatic rings. The lowest BCUT2D eigenvalue weighted by molar-refractivity contribution is -0.210. The maximum atomic E-state index is 13.2. The van der Waals surface area contributed by atoms with Crippen molar-refractivity contribution in [2.75, 3.05) is 6.54 Å². The number of alkyl halides is 2. The molecule has 1 aromatic heterocycles. The lowest BCUT2D eigenvalue weighted by atomic mass is 9.50. The third-order valence-electron chi connectivity index (χ3n) is 5.92. The quantitative estimate of drug-likeness (QED) is 0.799. The standard InChI is InChI=1S/C20H22F2N4O3/c1-2-25(17(27)14-7-19(8-14)11-20(21,22)12-19)9-15-10-26(24-23-15)16-5-3-4-13(6-16)18(28)29/h3-6,10,14H,2,7-9,11-12H2,1H3,(H,28,29). The fourth-order valence-electron chi connectivity index (χ4n) is 4.57. The van der Waals surface area contributed by atoms with Crippen LogP contribution in [0.1, 0.15) is 48.7 Å². The first kappa shape index (κ1) is 19.5. The average Bonchev–Trinajstić information content (AvgIpc) is 3.10. The number of carboxylic acid groups (broad SMARTS) is 1. The molecule has 9 heteroatoms. The van der Waals surface area contributed by atoms with Crippen LogP contribution in [0, 0.1) is 11.3 Å². The van der Waals surface area contributed by atoms with Crippen molar-refractivity contribution in [2.24, 2.45) is 11.3 Å². The number of benzene rings is 1. The van der Waals surface area contributed by atoms with Crippen LogP contribution in [0.15, 0.2) is 30.5 Å². The topological polar surface area (TPSA) is 88.3 Å². The summed E-state index contributed by atoms with van der Waals surface area (Å²) in [6.07, 6.45) is 2.53. The molecule has 1 aromatic carbocycles. The molecule has 2 aliphatic carbocycles. The Morgan fingerprint density at radius 2 is 2.03 bits per heavy atom. The molecule has 0 bridgehead atoms. The van der Waals surface area contributed by atoms with Crippen LogP contribution in [0.5, 0.6) is 0 Å². The lowest BCUT2D eigenvalue weighted by Crippen LogP contribution is -2.56. The summed E-state index contributed by atoms with van der Waals surface area (Å²) in [6, 6.07) is 6.32. The lowest BCUT2D eigenvalue weighted by Gasteiger charge is -2.57. The van der Waals surface area contributed by atoms with Gasteiger partial charge in [-0.05, 0) is 43.4 Å². The Morgan fingerprint density at radius 1 is 1.31 bits per heavy atom. The second-order valence-corrected chi connectivity index (χ2v) is 8.18. The maximum Gasteiger partial charge on any atom is 0.335 e. The molecule has 0 saturated heterocycles. The molecule has 29 heavy (non-hydrogen) atoms. The van der Waals surface area contributed by atoms with Crippen molar-refractivity contribution in [1.29, 1.82) is 0 Å². The molecule has 1 spiro atoms. The van der Waals surface area contributed by atoms with Crippen LogP contribution in [0.4, 0.5) is 8.78 Å². The normalized spacial score (nSPS) is 19.4. The average molecular weight is 404 g/mol. The molecule has 1 amide bonds. The van der Waals surface area contributed by atoms with E-state index in [1.54, 1.807) is 23.2 Å². The Kier molecular flexibility index (Phi) is 4.63. The molecule has 2 aliphatic rings.